The number of hydrogen-bond acceptors (Lipinski definition) is 4. The molecule has 1 aromatic carbocycles. The van der Waals surface area contributed by atoms with Crippen LogP contribution in [0.25, 0.3) is 0 Å². The molecule has 0 radical (unpaired) electrons. The molecule has 0 heterocycles. The molecule has 2 atom stereocenters. The molecular weight excluding hydrogens is 286 g/mol. The summed E-state index contributed by atoms with van der Waals surface area (Å²) in [6.07, 6.45) is 4.68. The third-order valence-electron chi connectivity index (χ3n) is 4.12. The van der Waals surface area contributed by atoms with Crippen LogP contribution in [-0.4, -0.2) is 32.9 Å². The van der Waals surface area contributed by atoms with Crippen molar-refractivity contribution in [1.82, 2.24) is 4.31 Å². The Morgan fingerprint density at radius 3 is 2.62 bits per heavy atom. The highest BCUT2D eigenvalue weighted by molar-refractivity contribution is 7.89. The van der Waals surface area contributed by atoms with E-state index in [1.807, 2.05) is 6.07 Å². The molecule has 2 rings (SSSR count). The van der Waals surface area contributed by atoms with Crippen LogP contribution in [0.3, 0.4) is 0 Å². The molecule has 118 valence electrons. The molecular formula is C15H25N3O2S. The van der Waals surface area contributed by atoms with E-state index in [0.717, 1.165) is 18.5 Å². The minimum absolute atomic E-state index is 0.168. The van der Waals surface area contributed by atoms with Crippen molar-refractivity contribution in [3.05, 3.63) is 18.2 Å². The average Bonchev–Trinajstić information content (AvgIpc) is 2.41. The van der Waals surface area contributed by atoms with Gasteiger partial charge in [0.25, 0.3) is 0 Å². The van der Waals surface area contributed by atoms with Crippen LogP contribution in [-0.2, 0) is 10.0 Å². The second kappa shape index (κ2) is 6.23. The van der Waals surface area contributed by atoms with E-state index in [2.05, 4.69) is 12.2 Å². The van der Waals surface area contributed by atoms with E-state index in [1.54, 1.807) is 12.1 Å². The lowest BCUT2D eigenvalue weighted by Gasteiger charge is -2.29. The van der Waals surface area contributed by atoms with Gasteiger partial charge in [0, 0.05) is 20.1 Å². The van der Waals surface area contributed by atoms with Crippen LogP contribution in [0.5, 0.6) is 0 Å². The Morgan fingerprint density at radius 2 is 2.00 bits per heavy atom. The van der Waals surface area contributed by atoms with Crippen LogP contribution < -0.4 is 11.1 Å². The van der Waals surface area contributed by atoms with E-state index >= 15 is 0 Å². The Kier molecular flexibility index (Phi) is 4.78. The van der Waals surface area contributed by atoms with Gasteiger partial charge in [-0.3, -0.25) is 0 Å². The summed E-state index contributed by atoms with van der Waals surface area (Å²) in [5.74, 6) is 0.700. The van der Waals surface area contributed by atoms with Crippen molar-refractivity contribution in [1.29, 1.82) is 0 Å². The largest absolute Gasteiger partial charge is 0.396 e. The first-order valence-corrected chi connectivity index (χ1v) is 8.84. The first kappa shape index (κ1) is 16.1. The molecule has 21 heavy (non-hydrogen) atoms. The van der Waals surface area contributed by atoms with Crippen LogP contribution in [0.4, 0.5) is 11.4 Å². The van der Waals surface area contributed by atoms with Gasteiger partial charge in [-0.1, -0.05) is 25.8 Å². The van der Waals surface area contributed by atoms with Gasteiger partial charge in [-0.25, -0.2) is 12.7 Å². The lowest BCUT2D eigenvalue weighted by molar-refractivity contribution is 0.358. The molecule has 0 spiro atoms. The zero-order valence-corrected chi connectivity index (χ0v) is 13.8. The van der Waals surface area contributed by atoms with Crippen molar-refractivity contribution in [2.45, 2.75) is 43.5 Å². The Bertz CT molecular complexity index is 599. The highest BCUT2D eigenvalue weighted by Gasteiger charge is 2.24. The summed E-state index contributed by atoms with van der Waals surface area (Å²) < 4.78 is 25.7. The Balaban J connectivity index is 2.26. The van der Waals surface area contributed by atoms with Crippen molar-refractivity contribution in [3.63, 3.8) is 0 Å². The van der Waals surface area contributed by atoms with Crippen LogP contribution in [0.15, 0.2) is 23.1 Å². The molecule has 0 amide bonds. The fourth-order valence-corrected chi connectivity index (χ4v) is 3.91. The SMILES string of the molecule is CC1CCCC(Nc2cccc(S(=O)(=O)N(C)C)c2N)C1. The highest BCUT2D eigenvalue weighted by Crippen LogP contribution is 2.32. The summed E-state index contributed by atoms with van der Waals surface area (Å²) in [4.78, 5) is 0.168. The van der Waals surface area contributed by atoms with E-state index in [0.29, 0.717) is 17.6 Å². The zero-order valence-electron chi connectivity index (χ0n) is 13.0. The smallest absolute Gasteiger partial charge is 0.244 e. The normalized spacial score (nSPS) is 23.2. The number of para-hydroxylation sites is 1. The number of rotatable bonds is 4. The van der Waals surface area contributed by atoms with Gasteiger partial charge in [-0.2, -0.15) is 0 Å². The summed E-state index contributed by atoms with van der Waals surface area (Å²) in [7, 11) is -0.490. The van der Waals surface area contributed by atoms with Gasteiger partial charge in [0.05, 0.1) is 11.4 Å². The average molecular weight is 311 g/mol. The van der Waals surface area contributed by atoms with Gasteiger partial charge in [0.15, 0.2) is 0 Å². The second-order valence-corrected chi connectivity index (χ2v) is 8.24. The van der Waals surface area contributed by atoms with Gasteiger partial charge >= 0.3 is 0 Å². The first-order chi connectivity index (χ1) is 9.82. The minimum Gasteiger partial charge on any atom is -0.396 e. The van der Waals surface area contributed by atoms with Crippen molar-refractivity contribution in [2.24, 2.45) is 5.92 Å². The topological polar surface area (TPSA) is 75.4 Å². The number of benzene rings is 1. The summed E-state index contributed by atoms with van der Waals surface area (Å²) in [5, 5.41) is 3.42. The third-order valence-corrected chi connectivity index (χ3v) is 5.99. The summed E-state index contributed by atoms with van der Waals surface area (Å²) in [6, 6.07) is 5.51. The standard InChI is InChI=1S/C15H25N3O2S/c1-11-6-4-7-12(10-11)17-13-8-5-9-14(15(13)16)21(19,20)18(2)3/h5,8-9,11-12,17H,4,6-7,10,16H2,1-3H3. The molecule has 2 unspecified atom stereocenters. The quantitative estimate of drug-likeness (QED) is 0.838. The molecule has 0 saturated heterocycles. The Labute approximate surface area is 127 Å². The highest BCUT2D eigenvalue weighted by atomic mass is 32.2. The molecule has 6 heteroatoms. The zero-order chi connectivity index (χ0) is 15.6. The maximum absolute atomic E-state index is 12.3. The van der Waals surface area contributed by atoms with Crippen LogP contribution in [0.2, 0.25) is 0 Å². The molecule has 5 nitrogen and oxygen atoms in total. The molecule has 1 aliphatic rings. The minimum atomic E-state index is -3.51. The molecule has 0 aromatic heterocycles. The van der Waals surface area contributed by atoms with Crippen LogP contribution in [0.1, 0.15) is 32.6 Å². The number of nitrogens with one attached hydrogen (secondary N) is 1. The Hall–Kier alpha value is -1.27. The molecule has 0 bridgehead atoms. The molecule has 0 aliphatic heterocycles. The Morgan fingerprint density at radius 1 is 1.29 bits per heavy atom. The van der Waals surface area contributed by atoms with Gasteiger partial charge in [0.1, 0.15) is 4.90 Å². The van der Waals surface area contributed by atoms with Gasteiger partial charge in [-0.15, -0.1) is 0 Å². The summed E-state index contributed by atoms with van der Waals surface area (Å²) in [5.41, 5.74) is 7.12. The van der Waals surface area contributed by atoms with Gasteiger partial charge in [-0.05, 0) is 30.9 Å². The van der Waals surface area contributed by atoms with E-state index in [4.69, 9.17) is 5.73 Å². The molecule has 3 N–H and O–H groups in total. The van der Waals surface area contributed by atoms with Crippen molar-refractivity contribution >= 4 is 21.4 Å². The van der Waals surface area contributed by atoms with E-state index in [1.165, 1.54) is 31.2 Å². The monoisotopic (exact) mass is 311 g/mol. The van der Waals surface area contributed by atoms with E-state index in [-0.39, 0.29) is 4.90 Å². The number of nitrogens with two attached hydrogens (primary N) is 1. The summed E-state index contributed by atoms with van der Waals surface area (Å²) in [6.45, 7) is 2.25. The number of sulfonamides is 1. The number of nitrogen functional groups attached to an aromatic ring is 1. The van der Waals surface area contributed by atoms with Crippen molar-refractivity contribution in [2.75, 3.05) is 25.1 Å². The summed E-state index contributed by atoms with van der Waals surface area (Å²) >= 11 is 0. The number of nitrogens with zero attached hydrogens (tertiary/aromatic N) is 1. The van der Waals surface area contributed by atoms with Crippen molar-refractivity contribution < 1.29 is 8.42 Å². The lowest BCUT2D eigenvalue weighted by Crippen LogP contribution is -2.27. The predicted molar refractivity (Wildman–Crippen MR) is 86.8 cm³/mol. The fourth-order valence-electron chi connectivity index (χ4n) is 2.88. The third kappa shape index (κ3) is 3.49. The predicted octanol–water partition coefficient (Wildman–Crippen LogP) is 2.51. The molecule has 1 fully saturated rings. The van der Waals surface area contributed by atoms with Crippen LogP contribution >= 0.6 is 0 Å². The van der Waals surface area contributed by atoms with Crippen molar-refractivity contribution in [3.8, 4) is 0 Å². The van der Waals surface area contributed by atoms with Gasteiger partial charge in [0.2, 0.25) is 10.0 Å². The maximum Gasteiger partial charge on any atom is 0.244 e. The molecule has 1 aliphatic carbocycles. The molecule has 1 saturated carbocycles. The van der Waals surface area contributed by atoms with E-state index in [9.17, 15) is 8.42 Å². The maximum atomic E-state index is 12.3. The van der Waals surface area contributed by atoms with E-state index < -0.39 is 10.0 Å². The first-order valence-electron chi connectivity index (χ1n) is 7.40. The fraction of sp³-hybridized carbons (Fsp3) is 0.600. The van der Waals surface area contributed by atoms with Crippen LogP contribution in [0, 0.1) is 5.92 Å². The van der Waals surface area contributed by atoms with Gasteiger partial charge < -0.3 is 11.1 Å². The lowest BCUT2D eigenvalue weighted by atomic mass is 9.87. The number of hydrogen-bond donors (Lipinski definition) is 2. The second-order valence-electron chi connectivity index (χ2n) is 6.12. The molecule has 1 aromatic rings. The number of anilines is 2.